The average molecular weight is 377 g/mol. The fraction of sp³-hybridized carbons (Fsp3) is 0.278. The van der Waals surface area contributed by atoms with Crippen molar-refractivity contribution in [2.75, 3.05) is 25.4 Å². The van der Waals surface area contributed by atoms with Crippen molar-refractivity contribution in [2.24, 2.45) is 0 Å². The summed E-state index contributed by atoms with van der Waals surface area (Å²) in [5.74, 6) is 0.517. The van der Waals surface area contributed by atoms with Crippen molar-refractivity contribution in [1.29, 1.82) is 0 Å². The summed E-state index contributed by atoms with van der Waals surface area (Å²) in [5, 5.41) is 5.71. The van der Waals surface area contributed by atoms with E-state index in [1.54, 1.807) is 37.4 Å². The zero-order chi connectivity index (χ0) is 19.0. The Morgan fingerprint density at radius 3 is 2.50 bits per heavy atom. The molecule has 0 saturated carbocycles. The second kappa shape index (κ2) is 9.21. The van der Waals surface area contributed by atoms with Crippen LogP contribution in [0, 0.1) is 0 Å². The highest BCUT2D eigenvalue weighted by Crippen LogP contribution is 2.19. The Balaban J connectivity index is 2.03. The Hall–Kier alpha value is -2.58. The van der Waals surface area contributed by atoms with Crippen LogP contribution in [0.4, 0.5) is 5.69 Å². The lowest BCUT2D eigenvalue weighted by atomic mass is 10.2. The van der Waals surface area contributed by atoms with Crippen LogP contribution in [0.2, 0.25) is 0 Å². The summed E-state index contributed by atoms with van der Waals surface area (Å²) < 4.78 is 32.5. The number of carbonyl (C=O) groups excluding carboxylic acids is 1. The first-order valence-corrected chi connectivity index (χ1v) is 9.60. The number of sulfonamides is 1. The number of carbonyl (C=O) groups is 1. The maximum Gasteiger partial charge on any atom is 0.261 e. The van der Waals surface area contributed by atoms with Gasteiger partial charge < -0.3 is 15.4 Å². The highest BCUT2D eigenvalue weighted by molar-refractivity contribution is 7.92. The monoisotopic (exact) mass is 377 g/mol. The van der Waals surface area contributed by atoms with Gasteiger partial charge in [0.05, 0.1) is 12.0 Å². The lowest BCUT2D eigenvalue weighted by Crippen LogP contribution is -2.26. The maximum atomic E-state index is 12.5. The van der Waals surface area contributed by atoms with Gasteiger partial charge in [-0.2, -0.15) is 0 Å². The second-order valence-corrected chi connectivity index (χ2v) is 7.29. The van der Waals surface area contributed by atoms with Crippen molar-refractivity contribution < 1.29 is 17.9 Å². The van der Waals surface area contributed by atoms with Crippen molar-refractivity contribution in [2.45, 2.75) is 17.9 Å². The molecular weight excluding hydrogens is 354 g/mol. The molecule has 0 aliphatic heterocycles. The number of hydrogen-bond donors (Lipinski definition) is 3. The van der Waals surface area contributed by atoms with E-state index in [4.69, 9.17) is 4.74 Å². The molecule has 0 atom stereocenters. The Morgan fingerprint density at radius 2 is 1.85 bits per heavy atom. The highest BCUT2D eigenvalue weighted by Gasteiger charge is 2.14. The summed E-state index contributed by atoms with van der Waals surface area (Å²) >= 11 is 0. The number of amides is 1. The third-order valence-electron chi connectivity index (χ3n) is 3.64. The summed E-state index contributed by atoms with van der Waals surface area (Å²) in [4.78, 5) is 11.8. The first kappa shape index (κ1) is 19.7. The molecule has 26 heavy (non-hydrogen) atoms. The van der Waals surface area contributed by atoms with Crippen molar-refractivity contribution in [3.8, 4) is 5.75 Å². The molecule has 1 amide bonds. The van der Waals surface area contributed by atoms with Gasteiger partial charge >= 0.3 is 0 Å². The molecule has 2 aromatic carbocycles. The summed E-state index contributed by atoms with van der Waals surface area (Å²) in [7, 11) is -0.397. The number of benzene rings is 2. The number of rotatable bonds is 9. The molecule has 2 rings (SSSR count). The molecule has 3 N–H and O–H groups in total. The van der Waals surface area contributed by atoms with Crippen LogP contribution in [0.5, 0.6) is 5.75 Å². The van der Waals surface area contributed by atoms with Crippen molar-refractivity contribution in [1.82, 2.24) is 10.6 Å². The number of methoxy groups -OCH3 is 1. The van der Waals surface area contributed by atoms with E-state index in [0.717, 1.165) is 5.56 Å². The Kier molecular flexibility index (Phi) is 6.99. The van der Waals surface area contributed by atoms with Gasteiger partial charge in [0.25, 0.3) is 10.0 Å². The lowest BCUT2D eigenvalue weighted by Gasteiger charge is -2.11. The van der Waals surface area contributed by atoms with Gasteiger partial charge in [-0.1, -0.05) is 12.1 Å². The fourth-order valence-corrected chi connectivity index (χ4v) is 3.29. The van der Waals surface area contributed by atoms with E-state index in [1.807, 2.05) is 6.07 Å². The molecule has 0 aliphatic carbocycles. The molecule has 7 nitrogen and oxygen atoms in total. The largest absolute Gasteiger partial charge is 0.497 e. The fourth-order valence-electron chi connectivity index (χ4n) is 2.24. The van der Waals surface area contributed by atoms with Gasteiger partial charge in [-0.25, -0.2) is 8.42 Å². The van der Waals surface area contributed by atoms with Crippen LogP contribution >= 0.6 is 0 Å². The third kappa shape index (κ3) is 5.75. The van der Waals surface area contributed by atoms with E-state index in [2.05, 4.69) is 15.4 Å². The highest BCUT2D eigenvalue weighted by atomic mass is 32.2. The van der Waals surface area contributed by atoms with Gasteiger partial charge in [-0.3, -0.25) is 9.52 Å². The molecule has 2 aromatic rings. The standard InChI is InChI=1S/C18H23N3O4S/c1-19-11-10-18(22)20-13-14-4-3-5-15(12-14)21-26(23,24)17-8-6-16(25-2)7-9-17/h3-9,12,19,21H,10-11,13H2,1-2H3,(H,20,22). The maximum absolute atomic E-state index is 12.5. The first-order chi connectivity index (χ1) is 12.4. The molecule has 140 valence electrons. The molecule has 0 bridgehead atoms. The van der Waals surface area contributed by atoms with Crippen molar-refractivity contribution in [3.63, 3.8) is 0 Å². The summed E-state index contributed by atoms with van der Waals surface area (Å²) in [6, 6.07) is 13.1. The lowest BCUT2D eigenvalue weighted by molar-refractivity contribution is -0.121. The molecule has 0 fully saturated rings. The van der Waals surface area contributed by atoms with E-state index in [-0.39, 0.29) is 10.8 Å². The van der Waals surface area contributed by atoms with Crippen LogP contribution < -0.4 is 20.1 Å². The third-order valence-corrected chi connectivity index (χ3v) is 5.04. The van der Waals surface area contributed by atoms with Crippen LogP contribution in [0.25, 0.3) is 0 Å². The van der Waals surface area contributed by atoms with E-state index in [9.17, 15) is 13.2 Å². The Morgan fingerprint density at radius 1 is 1.12 bits per heavy atom. The Bertz CT molecular complexity index is 836. The zero-order valence-electron chi connectivity index (χ0n) is 14.8. The normalized spacial score (nSPS) is 11.0. The Labute approximate surface area is 153 Å². The predicted octanol–water partition coefficient (Wildman–Crippen LogP) is 1.72. The zero-order valence-corrected chi connectivity index (χ0v) is 15.6. The SMILES string of the molecule is CNCCC(=O)NCc1cccc(NS(=O)(=O)c2ccc(OC)cc2)c1. The number of ether oxygens (including phenoxy) is 1. The molecular formula is C18H23N3O4S. The minimum Gasteiger partial charge on any atom is -0.497 e. The van der Waals surface area contributed by atoms with Crippen LogP contribution in [-0.2, 0) is 21.4 Å². The van der Waals surface area contributed by atoms with Crippen LogP contribution in [-0.4, -0.2) is 35.0 Å². The van der Waals surface area contributed by atoms with Gasteiger partial charge in [-0.05, 0) is 49.0 Å². The number of nitrogens with one attached hydrogen (secondary N) is 3. The summed E-state index contributed by atoms with van der Waals surface area (Å²) in [6.45, 7) is 0.939. The van der Waals surface area contributed by atoms with Crippen LogP contribution in [0.15, 0.2) is 53.4 Å². The summed E-state index contributed by atoms with van der Waals surface area (Å²) in [5.41, 5.74) is 1.24. The molecule has 0 saturated heterocycles. The number of hydrogen-bond acceptors (Lipinski definition) is 5. The summed E-state index contributed by atoms with van der Waals surface area (Å²) in [6.07, 6.45) is 0.389. The van der Waals surface area contributed by atoms with Gasteiger partial charge in [0.15, 0.2) is 0 Å². The molecule has 0 aliphatic rings. The van der Waals surface area contributed by atoms with Gasteiger partial charge in [0.2, 0.25) is 5.91 Å². The molecule has 0 spiro atoms. The first-order valence-electron chi connectivity index (χ1n) is 8.12. The number of anilines is 1. The van der Waals surface area contributed by atoms with Crippen molar-refractivity contribution >= 4 is 21.6 Å². The molecule has 8 heteroatoms. The minimum atomic E-state index is -3.70. The molecule has 0 heterocycles. The topological polar surface area (TPSA) is 96.5 Å². The average Bonchev–Trinajstić information content (AvgIpc) is 2.64. The van der Waals surface area contributed by atoms with Crippen molar-refractivity contribution in [3.05, 3.63) is 54.1 Å². The van der Waals surface area contributed by atoms with Crippen LogP contribution in [0.3, 0.4) is 0 Å². The molecule has 0 unspecified atom stereocenters. The molecule has 0 radical (unpaired) electrons. The van der Waals surface area contributed by atoms with Crippen LogP contribution in [0.1, 0.15) is 12.0 Å². The van der Waals surface area contributed by atoms with E-state index in [0.29, 0.717) is 30.9 Å². The minimum absolute atomic E-state index is 0.0661. The van der Waals surface area contributed by atoms with E-state index < -0.39 is 10.0 Å². The van der Waals surface area contributed by atoms with Gasteiger partial charge in [-0.15, -0.1) is 0 Å². The second-order valence-electron chi connectivity index (χ2n) is 5.61. The quantitative estimate of drug-likeness (QED) is 0.618. The van der Waals surface area contributed by atoms with E-state index in [1.165, 1.54) is 19.2 Å². The van der Waals surface area contributed by atoms with Gasteiger partial charge in [0.1, 0.15) is 5.75 Å². The van der Waals surface area contributed by atoms with Gasteiger partial charge in [0, 0.05) is 25.2 Å². The van der Waals surface area contributed by atoms with E-state index >= 15 is 0 Å². The predicted molar refractivity (Wildman–Crippen MR) is 101 cm³/mol. The molecule has 0 aromatic heterocycles. The smallest absolute Gasteiger partial charge is 0.261 e.